The van der Waals surface area contributed by atoms with Gasteiger partial charge in [0.2, 0.25) is 5.91 Å². The fraction of sp³-hybridized carbons (Fsp3) is 0.176. The number of carbonyl (C=O) groups excluding carboxylic acids is 1. The van der Waals surface area contributed by atoms with Crippen molar-refractivity contribution in [3.8, 4) is 0 Å². The normalized spacial score (nSPS) is 9.90. The number of thiocarbonyl (C=S) groups is 1. The first-order chi connectivity index (χ1) is 10.2. The smallest absolute Gasteiger partial charge is 0.227 e. The van der Waals surface area contributed by atoms with Crippen LogP contribution in [0.4, 0.5) is 0 Å². The van der Waals surface area contributed by atoms with Crippen LogP contribution in [0.5, 0.6) is 0 Å². The first kappa shape index (κ1) is 15.2. The molecular weight excluding hydrogens is 280 g/mol. The zero-order valence-electron chi connectivity index (χ0n) is 11.7. The van der Waals surface area contributed by atoms with Gasteiger partial charge in [0.1, 0.15) is 0 Å². The molecule has 0 heterocycles. The quantitative estimate of drug-likeness (QED) is 0.806. The molecule has 3 nitrogen and oxygen atoms in total. The number of nitrogens with one attached hydrogen (secondary N) is 2. The Morgan fingerprint density at radius 1 is 0.810 bits per heavy atom. The summed E-state index contributed by atoms with van der Waals surface area (Å²) >= 11 is 5.19. The van der Waals surface area contributed by atoms with Gasteiger partial charge in [0, 0.05) is 13.1 Å². The molecule has 2 aromatic rings. The van der Waals surface area contributed by atoms with E-state index < -0.39 is 0 Å². The summed E-state index contributed by atoms with van der Waals surface area (Å²) in [6, 6.07) is 19.8. The van der Waals surface area contributed by atoms with E-state index in [4.69, 9.17) is 12.2 Å². The van der Waals surface area contributed by atoms with Crippen molar-refractivity contribution < 1.29 is 4.79 Å². The highest BCUT2D eigenvalue weighted by molar-refractivity contribution is 7.80. The molecule has 0 atom stereocenters. The Balaban J connectivity index is 1.69. The van der Waals surface area contributed by atoms with Crippen molar-refractivity contribution in [2.75, 3.05) is 0 Å². The molecule has 0 aliphatic heterocycles. The molecule has 108 valence electrons. The largest absolute Gasteiger partial charge is 0.375 e. The molecular formula is C17H18N2OS. The van der Waals surface area contributed by atoms with Gasteiger partial charge in [0.15, 0.2) is 0 Å². The van der Waals surface area contributed by atoms with Crippen LogP contribution in [0.1, 0.15) is 17.5 Å². The molecule has 0 saturated heterocycles. The molecule has 0 fully saturated rings. The maximum Gasteiger partial charge on any atom is 0.227 e. The van der Waals surface area contributed by atoms with Gasteiger partial charge in [-0.3, -0.25) is 4.79 Å². The predicted molar refractivity (Wildman–Crippen MR) is 88.8 cm³/mol. The van der Waals surface area contributed by atoms with E-state index in [1.165, 1.54) is 0 Å². The van der Waals surface area contributed by atoms with Crippen LogP contribution >= 0.6 is 12.2 Å². The number of amides is 1. The highest BCUT2D eigenvalue weighted by Gasteiger charge is 2.05. The average molecular weight is 298 g/mol. The molecule has 1 amide bonds. The van der Waals surface area contributed by atoms with Gasteiger partial charge in [0.25, 0.3) is 0 Å². The molecule has 2 rings (SSSR count). The Labute approximate surface area is 130 Å². The lowest BCUT2D eigenvalue weighted by Crippen LogP contribution is -2.30. The molecule has 0 spiro atoms. The third-order valence-corrected chi connectivity index (χ3v) is 3.27. The van der Waals surface area contributed by atoms with E-state index in [0.717, 1.165) is 11.1 Å². The molecule has 0 unspecified atom stereocenters. The standard InChI is InChI=1S/C17H18N2OS/c20-16(18-12-14-7-3-1-4-8-14)11-17(21)19-13-15-9-5-2-6-10-15/h1-10H,11-13H2,(H,18,20)(H,19,21). The van der Waals surface area contributed by atoms with E-state index in [-0.39, 0.29) is 12.3 Å². The molecule has 0 bridgehead atoms. The van der Waals surface area contributed by atoms with Crippen molar-refractivity contribution in [2.45, 2.75) is 19.5 Å². The lowest BCUT2D eigenvalue weighted by Gasteiger charge is -2.09. The second-order valence-electron chi connectivity index (χ2n) is 4.70. The zero-order valence-corrected chi connectivity index (χ0v) is 12.5. The Bertz CT molecular complexity index is 531. The predicted octanol–water partition coefficient (Wildman–Crippen LogP) is 2.81. The van der Waals surface area contributed by atoms with E-state index in [0.29, 0.717) is 18.1 Å². The van der Waals surface area contributed by atoms with Crippen molar-refractivity contribution in [1.82, 2.24) is 10.6 Å². The van der Waals surface area contributed by atoms with Crippen LogP contribution in [0.15, 0.2) is 60.7 Å². The maximum atomic E-state index is 11.8. The van der Waals surface area contributed by atoms with Gasteiger partial charge in [-0.2, -0.15) is 0 Å². The summed E-state index contributed by atoms with van der Waals surface area (Å²) in [5.41, 5.74) is 2.22. The van der Waals surface area contributed by atoms with Crippen molar-refractivity contribution in [2.24, 2.45) is 0 Å². The molecule has 0 aliphatic carbocycles. The SMILES string of the molecule is O=C(CC(=S)NCc1ccccc1)NCc1ccccc1. The summed E-state index contributed by atoms with van der Waals surface area (Å²) in [7, 11) is 0. The highest BCUT2D eigenvalue weighted by Crippen LogP contribution is 1.99. The molecule has 21 heavy (non-hydrogen) atoms. The van der Waals surface area contributed by atoms with Gasteiger partial charge in [-0.1, -0.05) is 72.9 Å². The van der Waals surface area contributed by atoms with Gasteiger partial charge in [0.05, 0.1) is 11.4 Å². The summed E-state index contributed by atoms with van der Waals surface area (Å²) in [6.45, 7) is 1.17. The number of carbonyl (C=O) groups is 1. The van der Waals surface area contributed by atoms with Gasteiger partial charge >= 0.3 is 0 Å². The molecule has 0 radical (unpaired) electrons. The van der Waals surface area contributed by atoms with Crippen molar-refractivity contribution in [3.63, 3.8) is 0 Å². The molecule has 0 aromatic heterocycles. The monoisotopic (exact) mass is 298 g/mol. The highest BCUT2D eigenvalue weighted by atomic mass is 32.1. The van der Waals surface area contributed by atoms with E-state index in [1.807, 2.05) is 60.7 Å². The molecule has 4 heteroatoms. The minimum absolute atomic E-state index is 0.0654. The first-order valence-electron chi connectivity index (χ1n) is 6.85. The third kappa shape index (κ3) is 5.75. The number of hydrogen-bond donors (Lipinski definition) is 2. The summed E-state index contributed by atoms with van der Waals surface area (Å²) in [5.74, 6) is -0.0654. The molecule has 2 N–H and O–H groups in total. The van der Waals surface area contributed by atoms with Crippen LogP contribution < -0.4 is 10.6 Å². The third-order valence-electron chi connectivity index (χ3n) is 2.99. The Morgan fingerprint density at radius 2 is 1.29 bits per heavy atom. The number of benzene rings is 2. The molecule has 0 aliphatic rings. The van der Waals surface area contributed by atoms with Crippen LogP contribution in [0.2, 0.25) is 0 Å². The lowest BCUT2D eigenvalue weighted by atomic mass is 10.2. The number of hydrogen-bond acceptors (Lipinski definition) is 2. The topological polar surface area (TPSA) is 41.1 Å². The lowest BCUT2D eigenvalue weighted by molar-refractivity contribution is -0.120. The summed E-state index contributed by atoms with van der Waals surface area (Å²) in [6.07, 6.45) is 0.217. The van der Waals surface area contributed by atoms with E-state index in [2.05, 4.69) is 10.6 Å². The Hall–Kier alpha value is -2.20. The van der Waals surface area contributed by atoms with Crippen LogP contribution in [-0.4, -0.2) is 10.9 Å². The van der Waals surface area contributed by atoms with E-state index in [1.54, 1.807) is 0 Å². The van der Waals surface area contributed by atoms with Crippen molar-refractivity contribution in [1.29, 1.82) is 0 Å². The first-order valence-corrected chi connectivity index (χ1v) is 7.26. The van der Waals surface area contributed by atoms with Crippen LogP contribution in [-0.2, 0) is 17.9 Å². The second-order valence-corrected chi connectivity index (χ2v) is 5.19. The van der Waals surface area contributed by atoms with Crippen LogP contribution in [0.25, 0.3) is 0 Å². The van der Waals surface area contributed by atoms with Gasteiger partial charge in [-0.15, -0.1) is 0 Å². The van der Waals surface area contributed by atoms with Crippen LogP contribution in [0.3, 0.4) is 0 Å². The fourth-order valence-corrected chi connectivity index (χ4v) is 2.07. The summed E-state index contributed by atoms with van der Waals surface area (Å²) < 4.78 is 0. The number of rotatable bonds is 6. The van der Waals surface area contributed by atoms with E-state index >= 15 is 0 Å². The second kappa shape index (κ2) is 8.17. The average Bonchev–Trinajstić information content (AvgIpc) is 2.53. The van der Waals surface area contributed by atoms with Gasteiger partial charge in [-0.25, -0.2) is 0 Å². The minimum Gasteiger partial charge on any atom is -0.375 e. The summed E-state index contributed by atoms with van der Waals surface area (Å²) in [5, 5.41) is 5.96. The molecule has 0 saturated carbocycles. The van der Waals surface area contributed by atoms with Gasteiger partial charge < -0.3 is 10.6 Å². The van der Waals surface area contributed by atoms with Crippen molar-refractivity contribution in [3.05, 3.63) is 71.8 Å². The zero-order chi connectivity index (χ0) is 14.9. The minimum atomic E-state index is -0.0654. The van der Waals surface area contributed by atoms with E-state index in [9.17, 15) is 4.79 Å². The molecule has 2 aromatic carbocycles. The maximum absolute atomic E-state index is 11.8. The fourth-order valence-electron chi connectivity index (χ4n) is 1.86. The van der Waals surface area contributed by atoms with Crippen molar-refractivity contribution >= 4 is 23.1 Å². The Kier molecular flexibility index (Phi) is 5.91. The summed E-state index contributed by atoms with van der Waals surface area (Å²) in [4.78, 5) is 12.4. The van der Waals surface area contributed by atoms with Crippen LogP contribution in [0, 0.1) is 0 Å². The van der Waals surface area contributed by atoms with Gasteiger partial charge in [-0.05, 0) is 11.1 Å². The Morgan fingerprint density at radius 3 is 1.81 bits per heavy atom.